The molecule has 0 radical (unpaired) electrons. The van der Waals surface area contributed by atoms with Crippen LogP contribution in [0.4, 0.5) is 8.78 Å². The minimum Gasteiger partial charge on any atom is -0.503 e. The van der Waals surface area contributed by atoms with Crippen molar-refractivity contribution < 1.29 is 59.1 Å². The molecule has 0 unspecified atom stereocenters. The molecule has 11 heteroatoms. The van der Waals surface area contributed by atoms with Crippen LogP contribution >= 0.6 is 0 Å². The molecule has 8 aromatic rings. The first kappa shape index (κ1) is 34.7. The maximum Gasteiger partial charge on any atom is 2.00 e. The Labute approximate surface area is 313 Å². The van der Waals surface area contributed by atoms with Crippen molar-refractivity contribution >= 4 is 21.8 Å². The van der Waals surface area contributed by atoms with Crippen LogP contribution < -0.4 is 9.47 Å². The molecule has 8 rings (SSSR count). The van der Waals surface area contributed by atoms with E-state index >= 15 is 0 Å². The van der Waals surface area contributed by atoms with E-state index in [1.54, 1.807) is 41.2 Å². The number of halogens is 2. The van der Waals surface area contributed by atoms with E-state index in [1.807, 2.05) is 72.8 Å². The van der Waals surface area contributed by atoms with E-state index < -0.39 is 6.43 Å². The third-order valence-corrected chi connectivity index (χ3v) is 7.50. The second kappa shape index (κ2) is 15.2. The van der Waals surface area contributed by atoms with Crippen molar-refractivity contribution in [3.8, 4) is 51.5 Å². The zero-order valence-corrected chi connectivity index (χ0v) is 28.7. The van der Waals surface area contributed by atoms with E-state index in [4.69, 9.17) is 9.47 Å². The van der Waals surface area contributed by atoms with Crippen LogP contribution in [0.1, 0.15) is 12.0 Å². The van der Waals surface area contributed by atoms with Crippen molar-refractivity contribution in [2.24, 2.45) is 0 Å². The van der Waals surface area contributed by atoms with Crippen LogP contribution in [0, 0.1) is 24.3 Å². The summed E-state index contributed by atoms with van der Waals surface area (Å²) in [7, 11) is 0. The van der Waals surface area contributed by atoms with Crippen LogP contribution in [-0.4, -0.2) is 24.5 Å². The number of ether oxygens (including phenoxy) is 2. The average Bonchev–Trinajstić information content (AvgIpc) is 3.45. The van der Waals surface area contributed by atoms with Crippen LogP contribution in [0.3, 0.4) is 0 Å². The molecule has 7 nitrogen and oxygen atoms in total. The fourth-order valence-corrected chi connectivity index (χ4v) is 5.30. The number of nitrogens with zero attached hydrogens (tertiary/aromatic N) is 5. The Morgan fingerprint density at radius 2 is 1.00 bits per heavy atom. The molecule has 4 aromatic carbocycles. The van der Waals surface area contributed by atoms with Gasteiger partial charge in [-0.25, -0.2) is 18.7 Å². The molecule has 0 atom stereocenters. The fraction of sp³-hybridized carbons (Fsp3) is 0.0256. The van der Waals surface area contributed by atoms with E-state index in [-0.39, 0.29) is 52.4 Å². The van der Waals surface area contributed by atoms with Crippen molar-refractivity contribution in [3.05, 3.63) is 152 Å². The summed E-state index contributed by atoms with van der Waals surface area (Å²) in [6.45, 7) is 0. The van der Waals surface area contributed by atoms with Gasteiger partial charge in [-0.2, -0.15) is 22.9 Å². The van der Waals surface area contributed by atoms with Gasteiger partial charge < -0.3 is 24.0 Å². The summed E-state index contributed by atoms with van der Waals surface area (Å²) in [5.41, 5.74) is 3.92. The van der Waals surface area contributed by atoms with Gasteiger partial charge in [-0.05, 0) is 23.5 Å². The van der Waals surface area contributed by atoms with Gasteiger partial charge in [-0.15, -0.1) is 71.8 Å². The fourth-order valence-electron chi connectivity index (χ4n) is 5.30. The number of fused-ring (bicyclic) bond motifs is 3. The summed E-state index contributed by atoms with van der Waals surface area (Å²) in [5, 5.41) is 1.60. The monoisotopic (exact) mass is 841 g/mol. The van der Waals surface area contributed by atoms with Gasteiger partial charge in [0.15, 0.2) is 0 Å². The molecule has 50 heavy (non-hydrogen) atoms. The third kappa shape index (κ3) is 7.09. The SMILES string of the molecule is FC(F)c1cnc(-n2c3[c-]c(Oc4[c-]c(-c5ccccn5)ccc4)ccc3c3ccc(Oc4[c-]c(-c5ccccn5)ccc4)[c-]c32)nc1.[Pd+2].[Pd+2]. The largest absolute Gasteiger partial charge is 2.00 e. The number of aromatic nitrogens is 5. The van der Waals surface area contributed by atoms with Gasteiger partial charge in [-0.1, -0.05) is 47.4 Å². The molecular weight excluding hydrogens is 821 g/mol. The average molecular weight is 842 g/mol. The molecule has 4 heterocycles. The van der Waals surface area contributed by atoms with E-state index in [9.17, 15) is 8.78 Å². The van der Waals surface area contributed by atoms with Crippen LogP contribution in [0.5, 0.6) is 23.0 Å². The van der Waals surface area contributed by atoms with Crippen molar-refractivity contribution in [1.29, 1.82) is 0 Å². The van der Waals surface area contributed by atoms with Crippen LogP contribution in [0.25, 0.3) is 50.3 Å². The van der Waals surface area contributed by atoms with Gasteiger partial charge in [0.05, 0.1) is 5.56 Å². The maximum atomic E-state index is 13.4. The Bertz CT molecular complexity index is 2250. The van der Waals surface area contributed by atoms with E-state index in [0.717, 1.165) is 45.7 Å². The Balaban J connectivity index is 0.00000216. The van der Waals surface area contributed by atoms with Gasteiger partial charge in [0.25, 0.3) is 6.43 Å². The molecule has 0 aliphatic rings. The summed E-state index contributed by atoms with van der Waals surface area (Å²) >= 11 is 0. The Hall–Kier alpha value is -5.16. The van der Waals surface area contributed by atoms with Gasteiger partial charge in [0.2, 0.25) is 5.95 Å². The minimum absolute atomic E-state index is 0. The first-order valence-corrected chi connectivity index (χ1v) is 14.9. The first-order chi connectivity index (χ1) is 23.6. The zero-order valence-electron chi connectivity index (χ0n) is 25.6. The smallest absolute Gasteiger partial charge is 0.503 e. The summed E-state index contributed by atoms with van der Waals surface area (Å²) in [6.07, 6.45) is 2.96. The number of hydrogen-bond acceptors (Lipinski definition) is 6. The standard InChI is InChI=1S/C39H21F2N5O2.2Pd/c40-38(41)27-23-44-39(45-24-27)46-36-21-30(47-28-9-5-7-25(19-28)34-11-1-3-17-42-34)13-15-32(36)33-16-14-31(22-37(33)46)48-29-10-6-8-26(20-29)35-12-2-4-18-43-35;;/h1-18,23-24,38H;;/q-4;2*+2. The molecule has 0 bridgehead atoms. The zero-order chi connectivity index (χ0) is 32.5. The molecule has 248 valence electrons. The number of rotatable bonds is 8. The molecule has 0 spiro atoms. The van der Waals surface area contributed by atoms with E-state index in [1.165, 1.54) is 0 Å². The van der Waals surface area contributed by atoms with Gasteiger partial charge in [0.1, 0.15) is 0 Å². The maximum absolute atomic E-state index is 13.4. The van der Waals surface area contributed by atoms with Crippen molar-refractivity contribution in [3.63, 3.8) is 0 Å². The Kier molecular flexibility index (Phi) is 10.5. The second-order valence-corrected chi connectivity index (χ2v) is 10.6. The van der Waals surface area contributed by atoms with Crippen molar-refractivity contribution in [2.75, 3.05) is 0 Å². The van der Waals surface area contributed by atoms with Crippen LogP contribution in [-0.2, 0) is 40.8 Å². The number of hydrogen-bond donors (Lipinski definition) is 0. The molecule has 0 N–H and O–H groups in total. The Morgan fingerprint density at radius 1 is 0.520 bits per heavy atom. The second-order valence-electron chi connectivity index (χ2n) is 10.6. The molecule has 4 aromatic heterocycles. The molecular formula is C39H21F2N5O2Pd2. The summed E-state index contributed by atoms with van der Waals surface area (Å²) in [4.78, 5) is 17.4. The number of pyridine rings is 2. The quantitative estimate of drug-likeness (QED) is 0.112. The predicted octanol–water partition coefficient (Wildman–Crippen LogP) is 9.42. The molecule has 0 saturated heterocycles. The van der Waals surface area contributed by atoms with Gasteiger partial charge in [-0.3, -0.25) is 0 Å². The third-order valence-electron chi connectivity index (χ3n) is 7.50. The minimum atomic E-state index is -2.70. The molecule has 0 saturated carbocycles. The molecule has 0 aliphatic carbocycles. The molecule has 0 aliphatic heterocycles. The summed E-state index contributed by atoms with van der Waals surface area (Å²) < 4.78 is 40.9. The number of benzene rings is 4. The van der Waals surface area contributed by atoms with Gasteiger partial charge in [0, 0.05) is 47.8 Å². The molecule has 0 amide bonds. The number of alkyl halides is 2. The molecule has 0 fully saturated rings. The van der Waals surface area contributed by atoms with Crippen molar-refractivity contribution in [2.45, 2.75) is 6.43 Å². The summed E-state index contributed by atoms with van der Waals surface area (Å²) in [6, 6.07) is 43.0. The van der Waals surface area contributed by atoms with E-state index in [2.05, 4.69) is 44.2 Å². The first-order valence-electron chi connectivity index (χ1n) is 14.9. The van der Waals surface area contributed by atoms with Crippen LogP contribution in [0.2, 0.25) is 0 Å². The predicted molar refractivity (Wildman–Crippen MR) is 176 cm³/mol. The van der Waals surface area contributed by atoms with Gasteiger partial charge >= 0.3 is 40.8 Å². The van der Waals surface area contributed by atoms with Crippen molar-refractivity contribution in [1.82, 2.24) is 24.5 Å². The van der Waals surface area contributed by atoms with Crippen LogP contribution in [0.15, 0.2) is 122 Å². The normalized spacial score (nSPS) is 10.9. The Morgan fingerprint density at radius 3 is 1.44 bits per heavy atom. The topological polar surface area (TPSA) is 75.0 Å². The van der Waals surface area contributed by atoms with E-state index in [0.29, 0.717) is 34.0 Å². The summed E-state index contributed by atoms with van der Waals surface area (Å²) in [5.74, 6) is 1.92.